The van der Waals surface area contributed by atoms with Crippen LogP contribution in [0.4, 0.5) is 9.28 Å². The Morgan fingerprint density at radius 2 is 1.62 bits per heavy atom. The molecule has 1 saturated heterocycles. The first-order valence-corrected chi connectivity index (χ1v) is 8.91. The van der Waals surface area contributed by atoms with Crippen LogP contribution in [-0.4, -0.2) is 41.7 Å². The van der Waals surface area contributed by atoms with Gasteiger partial charge in [-0.2, -0.15) is 0 Å². The third-order valence-electron chi connectivity index (χ3n) is 4.69. The first-order chi connectivity index (χ1) is 11.8. The lowest BCUT2D eigenvalue weighted by Crippen LogP contribution is -2.41. The van der Waals surface area contributed by atoms with E-state index in [-0.39, 0.29) is 11.7 Å². The number of rotatable bonds is 4. The molecule has 0 radical (unpaired) electrons. The summed E-state index contributed by atoms with van der Waals surface area (Å²) in [5.74, 6) is 0. The normalized spacial score (nSPS) is 18.7. The number of carbonyl (C=O) groups excluding carboxylic acids is 1. The molecule has 0 unspecified atom stereocenters. The number of hydrogen-bond donors (Lipinski definition) is 0. The number of ether oxygens (including phenoxy) is 1. The Bertz CT molecular complexity index is 624. The van der Waals surface area contributed by atoms with Crippen LogP contribution in [0.2, 0.25) is 0 Å². The highest BCUT2D eigenvalue weighted by molar-refractivity contribution is 6.62. The van der Waals surface area contributed by atoms with Gasteiger partial charge in [-0.15, -0.1) is 5.12 Å². The predicted octanol–water partition coefficient (Wildman–Crippen LogP) is 3.65. The number of nitrogens with zero attached hydrogens (tertiary/aromatic N) is 1. The molecule has 1 heterocycles. The molecule has 5 nitrogen and oxygen atoms in total. The Labute approximate surface area is 155 Å². The zero-order valence-corrected chi connectivity index (χ0v) is 16.8. The monoisotopic (exact) mass is 365 g/mol. The molecule has 0 aliphatic carbocycles. The van der Waals surface area contributed by atoms with Gasteiger partial charge in [-0.25, -0.2) is 4.79 Å². The largest absolute Gasteiger partial charge is 0.494 e. The van der Waals surface area contributed by atoms with E-state index in [1.807, 2.05) is 52.0 Å². The summed E-state index contributed by atoms with van der Waals surface area (Å²) in [6.07, 6.45) is -0.578. The number of benzene rings is 1. The third-order valence-corrected chi connectivity index (χ3v) is 4.69. The molecule has 1 amide bonds. The van der Waals surface area contributed by atoms with E-state index in [2.05, 4.69) is 0 Å². The van der Waals surface area contributed by atoms with Crippen molar-refractivity contribution in [1.82, 2.24) is 5.12 Å². The van der Waals surface area contributed by atoms with E-state index in [0.29, 0.717) is 6.42 Å². The van der Waals surface area contributed by atoms with Crippen LogP contribution in [0.1, 0.15) is 54.0 Å². The summed E-state index contributed by atoms with van der Waals surface area (Å²) >= 11 is 0. The van der Waals surface area contributed by atoms with E-state index in [4.69, 9.17) is 14.0 Å². The van der Waals surface area contributed by atoms with Crippen molar-refractivity contribution in [1.29, 1.82) is 0 Å². The standard InChI is InChI=1S/C19H29BFNO4/c1-17(2,3)24-16(23)22(21)13-12-14-8-10-15(11-9-14)20-25-18(4,5)19(6,7)26-20/h8-11H,12-13H2,1-7H3. The zero-order chi connectivity index (χ0) is 19.8. The Kier molecular flexibility index (Phi) is 5.73. The summed E-state index contributed by atoms with van der Waals surface area (Å²) < 4.78 is 30.8. The van der Waals surface area contributed by atoms with Crippen LogP contribution in [0, 0.1) is 0 Å². The molecular weight excluding hydrogens is 336 g/mol. The Morgan fingerprint density at radius 3 is 2.08 bits per heavy atom. The van der Waals surface area contributed by atoms with E-state index < -0.39 is 30.0 Å². The Morgan fingerprint density at radius 1 is 1.12 bits per heavy atom. The lowest BCUT2D eigenvalue weighted by atomic mass is 9.79. The van der Waals surface area contributed by atoms with Gasteiger partial charge in [0.25, 0.3) is 0 Å². The van der Waals surface area contributed by atoms with E-state index in [0.717, 1.165) is 11.0 Å². The van der Waals surface area contributed by atoms with Gasteiger partial charge >= 0.3 is 13.2 Å². The van der Waals surface area contributed by atoms with Gasteiger partial charge in [0.15, 0.2) is 0 Å². The van der Waals surface area contributed by atoms with Gasteiger partial charge < -0.3 is 14.0 Å². The van der Waals surface area contributed by atoms with Gasteiger partial charge in [0.05, 0.1) is 17.7 Å². The fourth-order valence-electron chi connectivity index (χ4n) is 2.45. The molecule has 2 rings (SSSR count). The van der Waals surface area contributed by atoms with Crippen LogP contribution in [0.3, 0.4) is 0 Å². The van der Waals surface area contributed by atoms with Gasteiger partial charge in [-0.3, -0.25) is 0 Å². The smallest absolute Gasteiger partial charge is 0.442 e. The second kappa shape index (κ2) is 7.20. The van der Waals surface area contributed by atoms with E-state index >= 15 is 0 Å². The van der Waals surface area contributed by atoms with Crippen molar-refractivity contribution >= 4 is 18.7 Å². The summed E-state index contributed by atoms with van der Waals surface area (Å²) in [5, 5.41) is 0.105. The quantitative estimate of drug-likeness (QED) is 0.604. The average Bonchev–Trinajstić information content (AvgIpc) is 2.72. The second-order valence-corrected chi connectivity index (χ2v) is 8.65. The maximum absolute atomic E-state index is 13.8. The third kappa shape index (κ3) is 4.98. The minimum atomic E-state index is -0.966. The highest BCUT2D eigenvalue weighted by Gasteiger charge is 2.51. The van der Waals surface area contributed by atoms with Crippen molar-refractivity contribution in [2.45, 2.75) is 71.7 Å². The van der Waals surface area contributed by atoms with Crippen LogP contribution in [-0.2, 0) is 20.5 Å². The molecule has 1 aliphatic heterocycles. The minimum absolute atomic E-state index is 0.0647. The van der Waals surface area contributed by atoms with E-state index in [1.165, 1.54) is 0 Å². The van der Waals surface area contributed by atoms with Crippen LogP contribution < -0.4 is 5.46 Å². The highest BCUT2D eigenvalue weighted by Crippen LogP contribution is 2.36. The number of carbonyl (C=O) groups is 1. The molecule has 0 spiro atoms. The van der Waals surface area contributed by atoms with Crippen molar-refractivity contribution in [3.63, 3.8) is 0 Å². The fourth-order valence-corrected chi connectivity index (χ4v) is 2.45. The van der Waals surface area contributed by atoms with Gasteiger partial charge in [-0.1, -0.05) is 28.7 Å². The summed E-state index contributed by atoms with van der Waals surface area (Å²) in [4.78, 5) is 11.6. The van der Waals surface area contributed by atoms with E-state index in [1.54, 1.807) is 20.8 Å². The molecule has 1 aromatic rings. The summed E-state index contributed by atoms with van der Waals surface area (Å²) in [6.45, 7) is 13.1. The molecule has 1 fully saturated rings. The van der Waals surface area contributed by atoms with Gasteiger partial charge in [0.2, 0.25) is 0 Å². The first-order valence-electron chi connectivity index (χ1n) is 8.91. The Balaban J connectivity index is 1.91. The van der Waals surface area contributed by atoms with Crippen molar-refractivity contribution < 1.29 is 23.3 Å². The molecular formula is C19H29BFNO4. The average molecular weight is 365 g/mol. The number of halogens is 1. The van der Waals surface area contributed by atoms with Crippen molar-refractivity contribution in [3.05, 3.63) is 29.8 Å². The summed E-state index contributed by atoms with van der Waals surface area (Å²) in [7, 11) is -0.423. The van der Waals surface area contributed by atoms with Crippen LogP contribution in [0.25, 0.3) is 0 Å². The van der Waals surface area contributed by atoms with Gasteiger partial charge in [-0.05, 0) is 65.9 Å². The fraction of sp³-hybridized carbons (Fsp3) is 0.632. The molecule has 144 valence electrons. The first kappa shape index (κ1) is 20.7. The molecule has 7 heteroatoms. The molecule has 0 saturated carbocycles. The topological polar surface area (TPSA) is 48.0 Å². The van der Waals surface area contributed by atoms with E-state index in [9.17, 15) is 9.28 Å². The molecule has 0 bridgehead atoms. The highest BCUT2D eigenvalue weighted by atomic mass is 19.2. The van der Waals surface area contributed by atoms with Crippen LogP contribution in [0.5, 0.6) is 0 Å². The second-order valence-electron chi connectivity index (χ2n) is 8.65. The minimum Gasteiger partial charge on any atom is -0.442 e. The van der Waals surface area contributed by atoms with Crippen LogP contribution >= 0.6 is 0 Å². The number of amides is 1. The van der Waals surface area contributed by atoms with Crippen LogP contribution in [0.15, 0.2) is 24.3 Å². The molecule has 0 atom stereocenters. The molecule has 1 aliphatic rings. The van der Waals surface area contributed by atoms with Gasteiger partial charge in [0.1, 0.15) is 5.60 Å². The maximum atomic E-state index is 13.8. The zero-order valence-electron chi connectivity index (χ0n) is 16.8. The van der Waals surface area contributed by atoms with Crippen molar-refractivity contribution in [3.8, 4) is 0 Å². The summed E-state index contributed by atoms with van der Waals surface area (Å²) in [6, 6.07) is 7.60. The predicted molar refractivity (Wildman–Crippen MR) is 99.9 cm³/mol. The Hall–Kier alpha value is -1.60. The lowest BCUT2D eigenvalue weighted by molar-refractivity contribution is -0.0300. The molecule has 26 heavy (non-hydrogen) atoms. The lowest BCUT2D eigenvalue weighted by Gasteiger charge is -2.32. The molecule has 1 aromatic carbocycles. The van der Waals surface area contributed by atoms with Gasteiger partial charge in [0, 0.05) is 0 Å². The van der Waals surface area contributed by atoms with Crippen molar-refractivity contribution in [2.24, 2.45) is 0 Å². The molecule has 0 aromatic heterocycles. The SMILES string of the molecule is CC(C)(C)OC(=O)N(F)CCc1ccc(B2OC(C)(C)C(C)(C)O2)cc1. The summed E-state index contributed by atoms with van der Waals surface area (Å²) in [5.41, 5.74) is 0.330. The number of hydrogen-bond acceptors (Lipinski definition) is 4. The molecule has 0 N–H and O–H groups in total. The maximum Gasteiger partial charge on any atom is 0.494 e. The van der Waals surface area contributed by atoms with Crippen molar-refractivity contribution in [2.75, 3.05) is 6.54 Å².